The summed E-state index contributed by atoms with van der Waals surface area (Å²) >= 11 is 0. The molecular formula is C15H19NO3S. The van der Waals surface area contributed by atoms with Crippen molar-refractivity contribution in [2.24, 2.45) is 0 Å². The summed E-state index contributed by atoms with van der Waals surface area (Å²) in [7, 11) is -3.77. The quantitative estimate of drug-likeness (QED) is 0.805. The Labute approximate surface area is 120 Å². The van der Waals surface area contributed by atoms with Gasteiger partial charge in [-0.15, -0.1) is 0 Å². The van der Waals surface area contributed by atoms with Gasteiger partial charge < -0.3 is 0 Å². The fourth-order valence-electron chi connectivity index (χ4n) is 2.39. The molecule has 1 aromatic carbocycles. The molecule has 0 aliphatic carbocycles. The highest BCUT2D eigenvalue weighted by atomic mass is 32.2. The van der Waals surface area contributed by atoms with E-state index in [1.165, 1.54) is 0 Å². The zero-order chi connectivity index (χ0) is 14.9. The third-order valence-electron chi connectivity index (χ3n) is 3.72. The lowest BCUT2D eigenvalue weighted by atomic mass is 10.1. The van der Waals surface area contributed by atoms with E-state index in [1.54, 1.807) is 24.3 Å². The molecule has 1 fully saturated rings. The number of sulfonamides is 1. The van der Waals surface area contributed by atoms with Gasteiger partial charge in [0.1, 0.15) is 0 Å². The number of rotatable bonds is 3. The van der Waals surface area contributed by atoms with Crippen LogP contribution in [-0.4, -0.2) is 24.7 Å². The fraction of sp³-hybridized carbons (Fsp3) is 0.400. The number of nitrogens with zero attached hydrogens (tertiary/aromatic N) is 1. The standard InChI is InChI=1S/C15H19NO3S/c1-4-12(3)14-9-10-15(17)16(14)20(18,19)13-7-5-11(2)6-8-13/h4-8,14H,9-10H2,1-3H3/b12-4+. The molecule has 1 amide bonds. The Morgan fingerprint density at radius 1 is 1.30 bits per heavy atom. The molecule has 4 nitrogen and oxygen atoms in total. The van der Waals surface area contributed by atoms with Gasteiger partial charge in [-0.2, -0.15) is 0 Å². The third-order valence-corrected chi connectivity index (χ3v) is 5.56. The first-order valence-corrected chi connectivity index (χ1v) is 8.08. The molecule has 5 heteroatoms. The molecule has 0 spiro atoms. The molecule has 1 aliphatic heterocycles. The van der Waals surface area contributed by atoms with E-state index in [0.29, 0.717) is 6.42 Å². The lowest BCUT2D eigenvalue weighted by Gasteiger charge is -2.25. The maximum absolute atomic E-state index is 12.7. The number of carbonyl (C=O) groups excluding carboxylic acids is 1. The molecule has 1 aliphatic rings. The minimum atomic E-state index is -3.77. The third kappa shape index (κ3) is 2.50. The highest BCUT2D eigenvalue weighted by molar-refractivity contribution is 7.89. The Balaban J connectivity index is 2.46. The molecule has 108 valence electrons. The van der Waals surface area contributed by atoms with Crippen molar-refractivity contribution in [2.45, 2.75) is 44.6 Å². The van der Waals surface area contributed by atoms with Crippen LogP contribution in [0.1, 0.15) is 32.3 Å². The Hall–Kier alpha value is -1.62. The van der Waals surface area contributed by atoms with Crippen molar-refractivity contribution in [3.05, 3.63) is 41.5 Å². The Bertz CT molecular complexity index is 644. The fourth-order valence-corrected chi connectivity index (χ4v) is 4.07. The van der Waals surface area contributed by atoms with Gasteiger partial charge >= 0.3 is 0 Å². The van der Waals surface area contributed by atoms with Crippen molar-refractivity contribution in [2.75, 3.05) is 0 Å². The molecule has 0 bridgehead atoms. The van der Waals surface area contributed by atoms with Crippen LogP contribution in [0.4, 0.5) is 0 Å². The maximum Gasteiger partial charge on any atom is 0.267 e. The Morgan fingerprint density at radius 2 is 1.90 bits per heavy atom. The minimum absolute atomic E-state index is 0.173. The number of allylic oxidation sites excluding steroid dienone is 1. The van der Waals surface area contributed by atoms with Crippen molar-refractivity contribution >= 4 is 15.9 Å². The van der Waals surface area contributed by atoms with Gasteiger partial charge in [0.15, 0.2) is 0 Å². The summed E-state index contributed by atoms with van der Waals surface area (Å²) in [6.45, 7) is 5.61. The summed E-state index contributed by atoms with van der Waals surface area (Å²) in [5.41, 5.74) is 1.89. The van der Waals surface area contributed by atoms with E-state index in [4.69, 9.17) is 0 Å². The van der Waals surface area contributed by atoms with E-state index >= 15 is 0 Å². The van der Waals surface area contributed by atoms with Gasteiger partial charge in [0, 0.05) is 6.42 Å². The van der Waals surface area contributed by atoms with Crippen LogP contribution >= 0.6 is 0 Å². The second-order valence-electron chi connectivity index (χ2n) is 5.09. The van der Waals surface area contributed by atoms with Gasteiger partial charge in [-0.1, -0.05) is 29.3 Å². The molecule has 0 saturated carbocycles. The van der Waals surface area contributed by atoms with Crippen LogP contribution in [0.25, 0.3) is 0 Å². The van der Waals surface area contributed by atoms with Crippen molar-refractivity contribution in [3.8, 4) is 0 Å². The first-order valence-electron chi connectivity index (χ1n) is 6.64. The van der Waals surface area contributed by atoms with Crippen LogP contribution in [0.2, 0.25) is 0 Å². The zero-order valence-electron chi connectivity index (χ0n) is 12.0. The number of aryl methyl sites for hydroxylation is 1. The highest BCUT2D eigenvalue weighted by Gasteiger charge is 2.40. The van der Waals surface area contributed by atoms with Crippen LogP contribution in [0.15, 0.2) is 40.8 Å². The molecule has 1 unspecified atom stereocenters. The van der Waals surface area contributed by atoms with Crippen LogP contribution in [-0.2, 0) is 14.8 Å². The van der Waals surface area contributed by atoms with E-state index < -0.39 is 10.0 Å². The largest absolute Gasteiger partial charge is 0.274 e. The van der Waals surface area contributed by atoms with Crippen molar-refractivity contribution in [1.29, 1.82) is 0 Å². The summed E-state index contributed by atoms with van der Waals surface area (Å²) in [4.78, 5) is 12.2. The van der Waals surface area contributed by atoms with Gasteiger partial charge in [-0.05, 0) is 39.3 Å². The summed E-state index contributed by atoms with van der Waals surface area (Å²) in [5, 5.41) is 0. The van der Waals surface area contributed by atoms with Crippen LogP contribution in [0, 0.1) is 6.92 Å². The first kappa shape index (κ1) is 14.8. The lowest BCUT2D eigenvalue weighted by molar-refractivity contribution is -0.124. The average molecular weight is 293 g/mol. The molecule has 0 radical (unpaired) electrons. The van der Waals surface area contributed by atoms with Gasteiger partial charge in [-0.25, -0.2) is 12.7 Å². The normalized spacial score (nSPS) is 20.6. The summed E-state index contributed by atoms with van der Waals surface area (Å²) in [6.07, 6.45) is 2.70. The van der Waals surface area contributed by atoms with E-state index in [1.807, 2.05) is 26.8 Å². The predicted octanol–water partition coefficient (Wildman–Crippen LogP) is 2.64. The summed E-state index contributed by atoms with van der Waals surface area (Å²) in [6, 6.07) is 6.24. The maximum atomic E-state index is 12.7. The van der Waals surface area contributed by atoms with E-state index in [9.17, 15) is 13.2 Å². The SMILES string of the molecule is C/C=C(\C)C1CCC(=O)N1S(=O)(=O)c1ccc(C)cc1. The van der Waals surface area contributed by atoms with Crippen molar-refractivity contribution < 1.29 is 13.2 Å². The monoisotopic (exact) mass is 293 g/mol. The van der Waals surface area contributed by atoms with Gasteiger partial charge in [0.25, 0.3) is 10.0 Å². The highest BCUT2D eigenvalue weighted by Crippen LogP contribution is 2.31. The van der Waals surface area contributed by atoms with Crippen LogP contribution in [0.5, 0.6) is 0 Å². The zero-order valence-corrected chi connectivity index (χ0v) is 12.8. The molecule has 1 heterocycles. The molecule has 1 aromatic rings. The average Bonchev–Trinajstić information content (AvgIpc) is 2.81. The molecule has 20 heavy (non-hydrogen) atoms. The second kappa shape index (κ2) is 5.40. The molecule has 2 rings (SSSR count). The molecule has 0 aromatic heterocycles. The lowest BCUT2D eigenvalue weighted by Crippen LogP contribution is -2.39. The van der Waals surface area contributed by atoms with E-state index in [-0.39, 0.29) is 23.3 Å². The van der Waals surface area contributed by atoms with E-state index in [2.05, 4.69) is 0 Å². The van der Waals surface area contributed by atoms with Crippen LogP contribution in [0.3, 0.4) is 0 Å². The second-order valence-corrected chi connectivity index (χ2v) is 6.91. The summed E-state index contributed by atoms with van der Waals surface area (Å²) in [5.74, 6) is -0.322. The summed E-state index contributed by atoms with van der Waals surface area (Å²) < 4.78 is 26.4. The topological polar surface area (TPSA) is 54.5 Å². The van der Waals surface area contributed by atoms with Gasteiger partial charge in [-0.3, -0.25) is 4.79 Å². The van der Waals surface area contributed by atoms with Crippen molar-refractivity contribution in [1.82, 2.24) is 4.31 Å². The molecular weight excluding hydrogens is 274 g/mol. The number of hydrogen-bond donors (Lipinski definition) is 0. The number of benzene rings is 1. The van der Waals surface area contributed by atoms with E-state index in [0.717, 1.165) is 15.4 Å². The minimum Gasteiger partial charge on any atom is -0.274 e. The molecule has 1 saturated heterocycles. The van der Waals surface area contributed by atoms with Gasteiger partial charge in [0.2, 0.25) is 5.91 Å². The number of amides is 1. The number of hydrogen-bond acceptors (Lipinski definition) is 3. The number of carbonyl (C=O) groups is 1. The first-order chi connectivity index (χ1) is 9.37. The van der Waals surface area contributed by atoms with Crippen LogP contribution < -0.4 is 0 Å². The Morgan fingerprint density at radius 3 is 2.45 bits per heavy atom. The molecule has 0 N–H and O–H groups in total. The Kier molecular flexibility index (Phi) is 3.99. The predicted molar refractivity (Wildman–Crippen MR) is 77.7 cm³/mol. The van der Waals surface area contributed by atoms with Gasteiger partial charge in [0.05, 0.1) is 10.9 Å². The van der Waals surface area contributed by atoms with Crippen molar-refractivity contribution in [3.63, 3.8) is 0 Å². The smallest absolute Gasteiger partial charge is 0.267 e. The molecule has 1 atom stereocenters.